The summed E-state index contributed by atoms with van der Waals surface area (Å²) >= 11 is 0. The second kappa shape index (κ2) is 9.89. The molecule has 0 aromatic heterocycles. The first-order valence-corrected chi connectivity index (χ1v) is 8.52. The number of halogens is 1. The van der Waals surface area contributed by atoms with Crippen LogP contribution in [0.25, 0.3) is 0 Å². The Morgan fingerprint density at radius 1 is 1.33 bits per heavy atom. The van der Waals surface area contributed by atoms with Gasteiger partial charge in [-0.1, -0.05) is 0 Å². The highest BCUT2D eigenvalue weighted by molar-refractivity contribution is 6.09. The summed E-state index contributed by atoms with van der Waals surface area (Å²) in [7, 11) is 2.83. The van der Waals surface area contributed by atoms with Crippen molar-refractivity contribution in [1.29, 1.82) is 0 Å². The van der Waals surface area contributed by atoms with E-state index in [1.54, 1.807) is 13.2 Å². The van der Waals surface area contributed by atoms with Gasteiger partial charge in [-0.2, -0.15) is 0 Å². The van der Waals surface area contributed by atoms with Gasteiger partial charge in [0, 0.05) is 26.8 Å². The number of β-amino-alcohol motifs (C(OH)–C–C–N with tert-alkyl or cyclic N) is 1. The Balaban J connectivity index is 2.27. The van der Waals surface area contributed by atoms with E-state index in [-0.39, 0.29) is 31.0 Å². The molecule has 1 aliphatic heterocycles. The SMILES string of the molecule is COCCCNc1ccc(F)cc1NC1=C(C(=O)OC)CN(CCO)C1=O. The third kappa shape index (κ3) is 5.18. The first kappa shape index (κ1) is 20.7. The number of benzene rings is 1. The zero-order valence-corrected chi connectivity index (χ0v) is 15.4. The highest BCUT2D eigenvalue weighted by Crippen LogP contribution is 2.28. The molecular formula is C18H24FN3O5. The average Bonchev–Trinajstić information content (AvgIpc) is 2.96. The molecule has 1 aromatic rings. The summed E-state index contributed by atoms with van der Waals surface area (Å²) in [6.45, 7) is 1.01. The van der Waals surface area contributed by atoms with Gasteiger partial charge in [-0.15, -0.1) is 0 Å². The van der Waals surface area contributed by atoms with Crippen molar-refractivity contribution in [1.82, 2.24) is 4.90 Å². The molecule has 8 nitrogen and oxygen atoms in total. The Hall–Kier alpha value is -2.65. The van der Waals surface area contributed by atoms with Crippen molar-refractivity contribution < 1.29 is 28.6 Å². The van der Waals surface area contributed by atoms with E-state index in [0.29, 0.717) is 24.5 Å². The van der Waals surface area contributed by atoms with Crippen LogP contribution in [0.15, 0.2) is 29.5 Å². The lowest BCUT2D eigenvalue weighted by atomic mass is 10.2. The number of nitrogens with zero attached hydrogens (tertiary/aromatic N) is 1. The monoisotopic (exact) mass is 381 g/mol. The van der Waals surface area contributed by atoms with Gasteiger partial charge in [0.25, 0.3) is 5.91 Å². The summed E-state index contributed by atoms with van der Waals surface area (Å²) in [5, 5.41) is 15.1. The normalized spacial score (nSPS) is 13.9. The van der Waals surface area contributed by atoms with Crippen molar-refractivity contribution in [3.8, 4) is 0 Å². The van der Waals surface area contributed by atoms with E-state index < -0.39 is 17.7 Å². The molecule has 1 aliphatic rings. The maximum atomic E-state index is 13.8. The molecule has 0 saturated carbocycles. The largest absolute Gasteiger partial charge is 0.466 e. The minimum Gasteiger partial charge on any atom is -0.466 e. The molecule has 0 aliphatic carbocycles. The van der Waals surface area contributed by atoms with Gasteiger partial charge in [-0.3, -0.25) is 4.79 Å². The van der Waals surface area contributed by atoms with Crippen LogP contribution in [0.2, 0.25) is 0 Å². The predicted molar refractivity (Wildman–Crippen MR) is 97.7 cm³/mol. The van der Waals surface area contributed by atoms with Gasteiger partial charge in [0.05, 0.1) is 37.2 Å². The molecule has 0 spiro atoms. The number of rotatable bonds is 10. The fourth-order valence-electron chi connectivity index (χ4n) is 2.70. The fraction of sp³-hybridized carbons (Fsp3) is 0.444. The lowest BCUT2D eigenvalue weighted by Crippen LogP contribution is -2.31. The first-order valence-electron chi connectivity index (χ1n) is 8.52. The number of aliphatic hydroxyl groups excluding tert-OH is 1. The predicted octanol–water partition coefficient (Wildman–Crippen LogP) is 0.948. The molecule has 9 heteroatoms. The van der Waals surface area contributed by atoms with Crippen molar-refractivity contribution >= 4 is 23.3 Å². The molecule has 0 saturated heterocycles. The number of esters is 1. The van der Waals surface area contributed by atoms with Crippen molar-refractivity contribution in [3.63, 3.8) is 0 Å². The Morgan fingerprint density at radius 2 is 2.11 bits per heavy atom. The summed E-state index contributed by atoms with van der Waals surface area (Å²) in [6, 6.07) is 4.09. The number of nitrogens with one attached hydrogen (secondary N) is 2. The quantitative estimate of drug-likeness (QED) is 0.410. The second-order valence-corrected chi connectivity index (χ2v) is 5.88. The lowest BCUT2D eigenvalue weighted by Gasteiger charge is -2.17. The van der Waals surface area contributed by atoms with E-state index in [1.165, 1.54) is 24.1 Å². The number of carbonyl (C=O) groups excluding carboxylic acids is 2. The molecule has 27 heavy (non-hydrogen) atoms. The maximum absolute atomic E-state index is 13.8. The van der Waals surface area contributed by atoms with E-state index in [0.717, 1.165) is 6.42 Å². The molecule has 0 unspecified atom stereocenters. The summed E-state index contributed by atoms with van der Waals surface area (Å²) in [5.41, 5.74) is 1.05. The smallest absolute Gasteiger partial charge is 0.337 e. The van der Waals surface area contributed by atoms with Gasteiger partial charge in [-0.05, 0) is 24.6 Å². The molecule has 1 aromatic carbocycles. The number of hydrogen-bond acceptors (Lipinski definition) is 7. The van der Waals surface area contributed by atoms with Gasteiger partial charge in [0.2, 0.25) is 0 Å². The number of anilines is 2. The van der Waals surface area contributed by atoms with Gasteiger partial charge in [0.15, 0.2) is 0 Å². The molecule has 0 atom stereocenters. The number of carbonyl (C=O) groups is 2. The van der Waals surface area contributed by atoms with Crippen molar-refractivity contribution in [3.05, 3.63) is 35.3 Å². The van der Waals surface area contributed by atoms with Crippen LogP contribution >= 0.6 is 0 Å². The lowest BCUT2D eigenvalue weighted by molar-refractivity contribution is -0.136. The van der Waals surface area contributed by atoms with E-state index in [4.69, 9.17) is 14.6 Å². The van der Waals surface area contributed by atoms with Crippen LogP contribution in [0.3, 0.4) is 0 Å². The summed E-state index contributed by atoms with van der Waals surface area (Å²) < 4.78 is 23.5. The van der Waals surface area contributed by atoms with Crippen molar-refractivity contribution in [2.45, 2.75) is 6.42 Å². The van der Waals surface area contributed by atoms with Crippen LogP contribution in [0.4, 0.5) is 15.8 Å². The summed E-state index contributed by atoms with van der Waals surface area (Å²) in [6.07, 6.45) is 0.743. The zero-order valence-electron chi connectivity index (χ0n) is 15.4. The summed E-state index contributed by atoms with van der Waals surface area (Å²) in [5.74, 6) is -1.60. The molecule has 3 N–H and O–H groups in total. The minimum absolute atomic E-state index is 0.0142. The Labute approximate surface area is 156 Å². The van der Waals surface area contributed by atoms with Gasteiger partial charge < -0.3 is 30.1 Å². The fourth-order valence-corrected chi connectivity index (χ4v) is 2.70. The number of aliphatic hydroxyl groups is 1. The Morgan fingerprint density at radius 3 is 2.78 bits per heavy atom. The third-order valence-corrected chi connectivity index (χ3v) is 4.04. The third-order valence-electron chi connectivity index (χ3n) is 4.04. The van der Waals surface area contributed by atoms with Gasteiger partial charge >= 0.3 is 5.97 Å². The molecule has 148 valence electrons. The van der Waals surface area contributed by atoms with Crippen LogP contribution < -0.4 is 10.6 Å². The summed E-state index contributed by atoms with van der Waals surface area (Å²) in [4.78, 5) is 25.9. The molecule has 0 fully saturated rings. The molecule has 1 heterocycles. The molecule has 1 amide bonds. The van der Waals surface area contributed by atoms with E-state index in [2.05, 4.69) is 10.6 Å². The zero-order chi connectivity index (χ0) is 19.8. The van der Waals surface area contributed by atoms with E-state index >= 15 is 0 Å². The van der Waals surface area contributed by atoms with Gasteiger partial charge in [-0.25, -0.2) is 9.18 Å². The number of methoxy groups -OCH3 is 2. The molecule has 2 rings (SSSR count). The van der Waals surface area contributed by atoms with Crippen LogP contribution in [0.5, 0.6) is 0 Å². The van der Waals surface area contributed by atoms with Crippen LogP contribution in [0, 0.1) is 5.82 Å². The number of amides is 1. The molecular weight excluding hydrogens is 357 g/mol. The standard InChI is InChI=1S/C18H24FN3O5/c1-26-9-3-6-20-14-5-4-12(19)10-15(14)21-16-13(18(25)27-2)11-22(7-8-23)17(16)24/h4-5,10,20-21,23H,3,6-9,11H2,1-2H3. The van der Waals surface area contributed by atoms with Crippen LogP contribution in [0.1, 0.15) is 6.42 Å². The highest BCUT2D eigenvalue weighted by atomic mass is 19.1. The van der Waals surface area contributed by atoms with Crippen molar-refractivity contribution in [2.75, 3.05) is 57.7 Å². The van der Waals surface area contributed by atoms with Crippen molar-refractivity contribution in [2.24, 2.45) is 0 Å². The van der Waals surface area contributed by atoms with Gasteiger partial charge in [0.1, 0.15) is 11.5 Å². The minimum atomic E-state index is -0.655. The average molecular weight is 381 g/mol. The molecule has 0 radical (unpaired) electrons. The van der Waals surface area contributed by atoms with E-state index in [1.807, 2.05) is 0 Å². The van der Waals surface area contributed by atoms with Crippen LogP contribution in [-0.4, -0.2) is 69.0 Å². The Bertz CT molecular complexity index is 723. The molecule has 0 bridgehead atoms. The topological polar surface area (TPSA) is 100 Å². The number of hydrogen-bond donors (Lipinski definition) is 3. The van der Waals surface area contributed by atoms with E-state index in [9.17, 15) is 14.0 Å². The maximum Gasteiger partial charge on any atom is 0.337 e. The first-order chi connectivity index (χ1) is 13.0. The Kier molecular flexibility index (Phi) is 7.56. The highest BCUT2D eigenvalue weighted by Gasteiger charge is 2.34. The van der Waals surface area contributed by atoms with Crippen LogP contribution in [-0.2, 0) is 19.1 Å². The number of ether oxygens (including phenoxy) is 2. The second-order valence-electron chi connectivity index (χ2n) is 5.88.